The summed E-state index contributed by atoms with van der Waals surface area (Å²) in [6, 6.07) is 10.6. The monoisotopic (exact) mass is 292 g/mol. The smallest absolute Gasteiger partial charge is 0.407 e. The Morgan fingerprint density at radius 1 is 1.24 bits per heavy atom. The van der Waals surface area contributed by atoms with E-state index in [9.17, 15) is 4.79 Å². The Kier molecular flexibility index (Phi) is 7.23. The molecule has 1 aromatic rings. The lowest BCUT2D eigenvalue weighted by atomic mass is 10.1. The number of amides is 1. The number of hydrogen-bond donors (Lipinski definition) is 2. The van der Waals surface area contributed by atoms with Crippen molar-refractivity contribution in [2.24, 2.45) is 0 Å². The van der Waals surface area contributed by atoms with E-state index in [1.165, 1.54) is 5.56 Å². The number of ether oxygens (including phenoxy) is 1. The van der Waals surface area contributed by atoms with Crippen LogP contribution in [0.25, 0.3) is 0 Å². The molecular formula is C17H28N2O2. The van der Waals surface area contributed by atoms with Crippen molar-refractivity contribution in [3.05, 3.63) is 35.9 Å². The molecule has 0 heterocycles. The molecule has 4 nitrogen and oxygen atoms in total. The number of alkyl carbamates (subject to hydrolysis) is 1. The van der Waals surface area contributed by atoms with E-state index < -0.39 is 5.60 Å². The molecular weight excluding hydrogens is 264 g/mol. The van der Waals surface area contributed by atoms with Gasteiger partial charge in [0, 0.05) is 12.6 Å². The van der Waals surface area contributed by atoms with Crippen molar-refractivity contribution in [3.63, 3.8) is 0 Å². The maximum absolute atomic E-state index is 11.6. The molecule has 0 aromatic heterocycles. The van der Waals surface area contributed by atoms with Gasteiger partial charge in [-0.1, -0.05) is 37.3 Å². The van der Waals surface area contributed by atoms with Crippen LogP contribution in [-0.4, -0.2) is 30.8 Å². The van der Waals surface area contributed by atoms with Gasteiger partial charge in [-0.05, 0) is 45.7 Å². The normalized spacial score (nSPS) is 12.8. The summed E-state index contributed by atoms with van der Waals surface area (Å²) in [7, 11) is 0. The highest BCUT2D eigenvalue weighted by Crippen LogP contribution is 2.06. The zero-order valence-corrected chi connectivity index (χ0v) is 13.6. The molecule has 21 heavy (non-hydrogen) atoms. The third-order valence-electron chi connectivity index (χ3n) is 3.07. The first-order valence-electron chi connectivity index (χ1n) is 7.65. The number of rotatable bonds is 7. The molecule has 0 aliphatic rings. The van der Waals surface area contributed by atoms with Gasteiger partial charge in [0.2, 0.25) is 0 Å². The van der Waals surface area contributed by atoms with Crippen LogP contribution < -0.4 is 10.6 Å². The highest BCUT2D eigenvalue weighted by molar-refractivity contribution is 5.67. The summed E-state index contributed by atoms with van der Waals surface area (Å²) in [6.07, 6.45) is 1.60. The molecule has 0 saturated heterocycles. The van der Waals surface area contributed by atoms with Crippen LogP contribution >= 0.6 is 0 Å². The van der Waals surface area contributed by atoms with Crippen LogP contribution in [0, 0.1) is 0 Å². The quantitative estimate of drug-likeness (QED) is 0.812. The zero-order chi connectivity index (χ0) is 15.7. The maximum Gasteiger partial charge on any atom is 0.407 e. The standard InChI is InChI=1S/C17H28N2O2/c1-5-15(13-19-16(20)21-17(2,3)4)18-12-11-14-9-7-6-8-10-14/h6-10,15,18H,5,11-13H2,1-4H3,(H,19,20). The van der Waals surface area contributed by atoms with Gasteiger partial charge >= 0.3 is 6.09 Å². The lowest BCUT2D eigenvalue weighted by Crippen LogP contribution is -2.43. The van der Waals surface area contributed by atoms with Crippen LogP contribution in [0.3, 0.4) is 0 Å². The van der Waals surface area contributed by atoms with Crippen LogP contribution in [0.1, 0.15) is 39.7 Å². The molecule has 1 aromatic carbocycles. The summed E-state index contributed by atoms with van der Waals surface area (Å²) < 4.78 is 5.23. The Morgan fingerprint density at radius 3 is 2.48 bits per heavy atom. The van der Waals surface area contributed by atoms with Gasteiger partial charge in [0.1, 0.15) is 5.60 Å². The van der Waals surface area contributed by atoms with Crippen molar-refractivity contribution in [1.82, 2.24) is 10.6 Å². The molecule has 4 heteroatoms. The van der Waals surface area contributed by atoms with Crippen LogP contribution in [0.4, 0.5) is 4.79 Å². The first-order valence-corrected chi connectivity index (χ1v) is 7.65. The number of carbonyl (C=O) groups excluding carboxylic acids is 1. The van der Waals surface area contributed by atoms with E-state index in [0.717, 1.165) is 19.4 Å². The van der Waals surface area contributed by atoms with Gasteiger partial charge in [-0.25, -0.2) is 4.79 Å². The third kappa shape index (κ3) is 8.35. The summed E-state index contributed by atoms with van der Waals surface area (Å²) in [5.74, 6) is 0. The molecule has 2 N–H and O–H groups in total. The highest BCUT2D eigenvalue weighted by Gasteiger charge is 2.16. The average Bonchev–Trinajstić information content (AvgIpc) is 2.42. The average molecular weight is 292 g/mol. The summed E-state index contributed by atoms with van der Waals surface area (Å²) >= 11 is 0. The van der Waals surface area contributed by atoms with E-state index in [0.29, 0.717) is 6.54 Å². The Hall–Kier alpha value is -1.55. The molecule has 1 amide bonds. The predicted molar refractivity (Wildman–Crippen MR) is 86.5 cm³/mol. The summed E-state index contributed by atoms with van der Waals surface area (Å²) in [4.78, 5) is 11.6. The molecule has 0 aliphatic heterocycles. The van der Waals surface area contributed by atoms with Crippen molar-refractivity contribution in [2.45, 2.75) is 52.2 Å². The van der Waals surface area contributed by atoms with E-state index in [4.69, 9.17) is 4.74 Å². The lowest BCUT2D eigenvalue weighted by molar-refractivity contribution is 0.0522. The number of benzene rings is 1. The van der Waals surface area contributed by atoms with Crippen LogP contribution in [-0.2, 0) is 11.2 Å². The Morgan fingerprint density at radius 2 is 1.90 bits per heavy atom. The molecule has 1 rings (SSSR count). The molecule has 118 valence electrons. The minimum Gasteiger partial charge on any atom is -0.444 e. The first kappa shape index (κ1) is 17.5. The van der Waals surface area contributed by atoms with Gasteiger partial charge in [0.05, 0.1) is 0 Å². The molecule has 0 fully saturated rings. The topological polar surface area (TPSA) is 50.4 Å². The van der Waals surface area contributed by atoms with E-state index in [1.807, 2.05) is 26.8 Å². The SMILES string of the molecule is CCC(CNC(=O)OC(C)(C)C)NCCc1ccccc1. The summed E-state index contributed by atoms with van der Waals surface area (Å²) in [6.45, 7) is 9.18. The van der Waals surface area contributed by atoms with Gasteiger partial charge in [-0.2, -0.15) is 0 Å². The van der Waals surface area contributed by atoms with Crippen molar-refractivity contribution in [1.29, 1.82) is 0 Å². The van der Waals surface area contributed by atoms with Crippen molar-refractivity contribution < 1.29 is 9.53 Å². The van der Waals surface area contributed by atoms with Crippen molar-refractivity contribution >= 4 is 6.09 Å². The van der Waals surface area contributed by atoms with Crippen molar-refractivity contribution in [3.8, 4) is 0 Å². The lowest BCUT2D eigenvalue weighted by Gasteiger charge is -2.22. The summed E-state index contributed by atoms with van der Waals surface area (Å²) in [5.41, 5.74) is 0.868. The van der Waals surface area contributed by atoms with E-state index in [-0.39, 0.29) is 12.1 Å². The highest BCUT2D eigenvalue weighted by atomic mass is 16.6. The van der Waals surface area contributed by atoms with Gasteiger partial charge in [-0.15, -0.1) is 0 Å². The Balaban J connectivity index is 2.24. The van der Waals surface area contributed by atoms with Gasteiger partial charge in [-0.3, -0.25) is 0 Å². The molecule has 0 spiro atoms. The second kappa shape index (κ2) is 8.67. The predicted octanol–water partition coefficient (Wildman–Crippen LogP) is 3.12. The number of hydrogen-bond acceptors (Lipinski definition) is 3. The van der Waals surface area contributed by atoms with Gasteiger partial charge in [0.25, 0.3) is 0 Å². The largest absolute Gasteiger partial charge is 0.444 e. The van der Waals surface area contributed by atoms with Crippen molar-refractivity contribution in [2.75, 3.05) is 13.1 Å². The van der Waals surface area contributed by atoms with E-state index in [2.05, 4.69) is 41.8 Å². The molecule has 0 aliphatic carbocycles. The minimum atomic E-state index is -0.452. The number of carbonyl (C=O) groups is 1. The maximum atomic E-state index is 11.6. The van der Waals surface area contributed by atoms with Gasteiger partial charge < -0.3 is 15.4 Å². The molecule has 0 bridgehead atoms. The minimum absolute atomic E-state index is 0.265. The van der Waals surface area contributed by atoms with Crippen LogP contribution in [0.5, 0.6) is 0 Å². The van der Waals surface area contributed by atoms with Gasteiger partial charge in [0.15, 0.2) is 0 Å². The second-order valence-corrected chi connectivity index (χ2v) is 6.18. The fourth-order valence-electron chi connectivity index (χ4n) is 1.95. The fourth-order valence-corrected chi connectivity index (χ4v) is 1.95. The molecule has 0 radical (unpaired) electrons. The first-order chi connectivity index (χ1) is 9.90. The Labute approximate surface area is 128 Å². The Bertz CT molecular complexity index is 413. The summed E-state index contributed by atoms with van der Waals surface area (Å²) in [5, 5.41) is 6.28. The van der Waals surface area contributed by atoms with E-state index in [1.54, 1.807) is 0 Å². The zero-order valence-electron chi connectivity index (χ0n) is 13.6. The van der Waals surface area contributed by atoms with E-state index >= 15 is 0 Å². The second-order valence-electron chi connectivity index (χ2n) is 6.18. The molecule has 0 saturated carbocycles. The van der Waals surface area contributed by atoms with Crippen LogP contribution in [0.2, 0.25) is 0 Å². The molecule has 1 atom stereocenters. The molecule has 1 unspecified atom stereocenters. The number of nitrogens with one attached hydrogen (secondary N) is 2. The van der Waals surface area contributed by atoms with Crippen LogP contribution in [0.15, 0.2) is 30.3 Å². The fraction of sp³-hybridized carbons (Fsp3) is 0.588. The third-order valence-corrected chi connectivity index (χ3v) is 3.07.